The molecule has 0 saturated heterocycles. The van der Waals surface area contributed by atoms with Gasteiger partial charge in [0.05, 0.1) is 5.39 Å². The average molecular weight is 580 g/mol. The third-order valence-corrected chi connectivity index (χ3v) is 8.41. The van der Waals surface area contributed by atoms with Gasteiger partial charge < -0.3 is 0 Å². The molecular weight excluding hydrogens is 554 g/mol. The van der Waals surface area contributed by atoms with Gasteiger partial charge in [-0.25, -0.2) is 9.55 Å². The van der Waals surface area contributed by atoms with E-state index in [1.807, 2.05) is 72.1 Å². The first-order valence-electron chi connectivity index (χ1n) is 13.8. The summed E-state index contributed by atoms with van der Waals surface area (Å²) in [4.78, 5) is 43.0. The summed E-state index contributed by atoms with van der Waals surface area (Å²) in [6.07, 6.45) is 11.6. The molecule has 1 aliphatic rings. The van der Waals surface area contributed by atoms with E-state index in [9.17, 15) is 9.59 Å². The quantitative estimate of drug-likeness (QED) is 0.156. The lowest BCUT2D eigenvalue weighted by molar-refractivity contribution is 0.867. The van der Waals surface area contributed by atoms with Gasteiger partial charge in [-0.1, -0.05) is 86.0 Å². The summed E-state index contributed by atoms with van der Waals surface area (Å²) < 4.78 is 2.98. The van der Waals surface area contributed by atoms with Crippen LogP contribution in [0.2, 0.25) is 0 Å². The molecule has 0 aliphatic heterocycles. The van der Waals surface area contributed by atoms with Crippen molar-refractivity contribution in [3.05, 3.63) is 153 Å². The molecule has 8 heteroatoms. The molecule has 7 rings (SSSR count). The van der Waals surface area contributed by atoms with Crippen LogP contribution in [0.5, 0.6) is 0 Å². The largest absolute Gasteiger partial charge is 0.269 e. The van der Waals surface area contributed by atoms with E-state index < -0.39 is 0 Å². The lowest BCUT2D eigenvalue weighted by Gasteiger charge is -2.15. The van der Waals surface area contributed by atoms with Crippen molar-refractivity contribution in [3.8, 4) is 17.3 Å². The first kappa shape index (κ1) is 26.4. The Bertz CT molecular complexity index is 2320. The van der Waals surface area contributed by atoms with E-state index >= 15 is 0 Å². The molecule has 0 saturated carbocycles. The van der Waals surface area contributed by atoms with Crippen LogP contribution in [0.4, 0.5) is 0 Å². The normalized spacial score (nSPS) is 13.5. The number of hydrogen-bond donors (Lipinski definition) is 0. The Morgan fingerprint density at radius 3 is 2.53 bits per heavy atom. The zero-order valence-corrected chi connectivity index (χ0v) is 23.9. The molecule has 0 N–H and O–H groups in total. The maximum absolute atomic E-state index is 14.1. The Morgan fingerprint density at radius 1 is 0.930 bits per heavy atom. The number of hydrogen-bond acceptors (Lipinski definition) is 6. The van der Waals surface area contributed by atoms with Crippen LogP contribution in [0, 0.1) is 0 Å². The van der Waals surface area contributed by atoms with Crippen molar-refractivity contribution in [3.63, 3.8) is 0 Å². The Balaban J connectivity index is 1.55. The maximum Gasteiger partial charge on any atom is 0.269 e. The fourth-order valence-corrected chi connectivity index (χ4v) is 6.23. The summed E-state index contributed by atoms with van der Waals surface area (Å²) >= 11 is 1.34. The van der Waals surface area contributed by atoms with Crippen LogP contribution in [0.15, 0.2) is 136 Å². The molecule has 0 bridgehead atoms. The highest BCUT2D eigenvalue weighted by molar-refractivity contribution is 7.16. The van der Waals surface area contributed by atoms with Gasteiger partial charge in [-0.3, -0.25) is 14.0 Å². The van der Waals surface area contributed by atoms with Crippen molar-refractivity contribution in [1.29, 1.82) is 0 Å². The Morgan fingerprint density at radius 2 is 1.74 bits per heavy atom. The minimum Gasteiger partial charge on any atom is -0.268 e. The smallest absolute Gasteiger partial charge is 0.268 e. The van der Waals surface area contributed by atoms with Gasteiger partial charge in [-0.2, -0.15) is 9.97 Å². The predicted molar refractivity (Wildman–Crippen MR) is 175 cm³/mol. The van der Waals surface area contributed by atoms with Crippen molar-refractivity contribution in [2.24, 2.45) is 0 Å². The zero-order chi connectivity index (χ0) is 29.5. The van der Waals surface area contributed by atoms with Gasteiger partial charge in [0.1, 0.15) is 10.5 Å². The Hall–Kier alpha value is -5.47. The molecule has 208 valence electrons. The van der Waals surface area contributed by atoms with Crippen LogP contribution in [-0.4, -0.2) is 23.9 Å². The molecular formula is C35H25N5O2S. The van der Waals surface area contributed by atoms with E-state index in [1.165, 1.54) is 15.9 Å². The second-order valence-electron chi connectivity index (χ2n) is 10.1. The average Bonchev–Trinajstić information content (AvgIpc) is 3.55. The van der Waals surface area contributed by atoms with Gasteiger partial charge in [-0.15, -0.1) is 11.3 Å². The van der Waals surface area contributed by atoms with Crippen molar-refractivity contribution in [1.82, 2.24) is 23.9 Å². The number of pyridine rings is 1. The molecule has 43 heavy (non-hydrogen) atoms. The first-order chi connectivity index (χ1) is 21.0. The monoisotopic (exact) mass is 579 g/mol. The van der Waals surface area contributed by atoms with E-state index in [4.69, 9.17) is 15.0 Å². The minimum absolute atomic E-state index is 0.104. The number of thiophene rings is 1. The third kappa shape index (κ3) is 4.58. The van der Waals surface area contributed by atoms with Gasteiger partial charge >= 0.3 is 0 Å². The predicted octanol–water partition coefficient (Wildman–Crippen LogP) is 7.07. The molecule has 0 radical (unpaired) electrons. The van der Waals surface area contributed by atoms with Gasteiger partial charge in [0.15, 0.2) is 11.6 Å². The lowest BCUT2D eigenvalue weighted by atomic mass is 9.96. The SMILES string of the molecule is C=C/C(=C\C(=C)C1=CC=CCC1)c1nc(-c2ccccc2)nc(-n2c(=O)c3ccsc3n3c(=O)c4ccccc4cc23)n1. The van der Waals surface area contributed by atoms with E-state index in [2.05, 4.69) is 25.3 Å². The van der Waals surface area contributed by atoms with Crippen molar-refractivity contribution < 1.29 is 0 Å². The molecule has 0 amide bonds. The topological polar surface area (TPSA) is 82.1 Å². The summed E-state index contributed by atoms with van der Waals surface area (Å²) in [6.45, 7) is 8.32. The molecule has 2 aromatic carbocycles. The standard InChI is InChI=1S/C35H25N5O2S/c1-3-23(20-22(2)24-12-6-4-7-13-24)30-36-31(25-14-8-5-9-15-25)38-35(37-30)40-29-21-26-16-10-11-17-27(26)32(41)39(29)34-28(33(40)42)18-19-43-34/h3-6,8-12,14-21H,1-2,7,13H2/b23-20+. The van der Waals surface area contributed by atoms with Crippen LogP contribution in [0.1, 0.15) is 18.7 Å². The van der Waals surface area contributed by atoms with Crippen LogP contribution in [0.25, 0.3) is 49.5 Å². The van der Waals surface area contributed by atoms with E-state index in [0.717, 1.165) is 29.6 Å². The zero-order valence-electron chi connectivity index (χ0n) is 23.1. The third-order valence-electron chi connectivity index (χ3n) is 7.51. The molecule has 0 unspecified atom stereocenters. The molecule has 0 fully saturated rings. The summed E-state index contributed by atoms with van der Waals surface area (Å²) in [5.41, 5.74) is 3.18. The highest BCUT2D eigenvalue weighted by Gasteiger charge is 2.20. The lowest BCUT2D eigenvalue weighted by Crippen LogP contribution is -2.28. The molecule has 0 spiro atoms. The number of rotatable bonds is 6. The fourth-order valence-electron chi connectivity index (χ4n) is 5.34. The minimum atomic E-state index is -0.324. The van der Waals surface area contributed by atoms with Crippen LogP contribution < -0.4 is 11.1 Å². The second kappa shape index (κ2) is 10.7. The number of nitrogens with zero attached hydrogens (tertiary/aromatic N) is 5. The van der Waals surface area contributed by atoms with Crippen molar-refractivity contribution in [2.45, 2.75) is 12.8 Å². The van der Waals surface area contributed by atoms with E-state index in [1.54, 1.807) is 22.6 Å². The van der Waals surface area contributed by atoms with Crippen molar-refractivity contribution >= 4 is 43.5 Å². The number of benzene rings is 2. The highest BCUT2D eigenvalue weighted by Crippen LogP contribution is 2.27. The van der Waals surface area contributed by atoms with Crippen molar-refractivity contribution in [2.75, 3.05) is 0 Å². The summed E-state index contributed by atoms with van der Waals surface area (Å²) in [7, 11) is 0. The van der Waals surface area contributed by atoms with Gasteiger partial charge in [-0.05, 0) is 59.0 Å². The van der Waals surface area contributed by atoms with Crippen LogP contribution in [-0.2, 0) is 0 Å². The molecule has 7 nitrogen and oxygen atoms in total. The molecule has 4 heterocycles. The summed E-state index contributed by atoms with van der Waals surface area (Å²) in [6, 6.07) is 20.4. The summed E-state index contributed by atoms with van der Waals surface area (Å²) in [5, 5.41) is 3.49. The maximum atomic E-state index is 14.1. The first-order valence-corrected chi connectivity index (χ1v) is 14.7. The van der Waals surface area contributed by atoms with E-state index in [-0.39, 0.29) is 17.1 Å². The highest BCUT2D eigenvalue weighted by atomic mass is 32.1. The number of allylic oxidation sites excluding steroid dienone is 8. The van der Waals surface area contributed by atoms with Gasteiger partial charge in [0.25, 0.3) is 11.1 Å². The van der Waals surface area contributed by atoms with Gasteiger partial charge in [0.2, 0.25) is 5.95 Å². The molecule has 0 atom stereocenters. The fraction of sp³-hybridized carbons (Fsp3) is 0.0571. The number of fused-ring (bicyclic) bond motifs is 4. The Kier molecular flexibility index (Phi) is 6.60. The van der Waals surface area contributed by atoms with Crippen LogP contribution >= 0.6 is 11.3 Å². The number of aromatic nitrogens is 5. The molecule has 4 aromatic heterocycles. The Labute approximate surface area is 250 Å². The van der Waals surface area contributed by atoms with E-state index in [0.29, 0.717) is 43.9 Å². The molecule has 1 aliphatic carbocycles. The molecule has 6 aromatic rings. The van der Waals surface area contributed by atoms with Crippen LogP contribution in [0.3, 0.4) is 0 Å². The summed E-state index contributed by atoms with van der Waals surface area (Å²) in [5.74, 6) is 0.829. The second-order valence-corrected chi connectivity index (χ2v) is 11.0. The van der Waals surface area contributed by atoms with Gasteiger partial charge in [0, 0.05) is 16.5 Å².